The Kier molecular flexibility index (Phi) is 14.9. The number of halogens is 3. The van der Waals surface area contributed by atoms with Gasteiger partial charge >= 0.3 is 12.1 Å². The van der Waals surface area contributed by atoms with Crippen LogP contribution in [0.5, 0.6) is 11.5 Å². The maximum atomic E-state index is 13.4. The smallest absolute Gasteiger partial charge is 0.490 e. The summed E-state index contributed by atoms with van der Waals surface area (Å²) in [6, 6.07) is 5.56. The summed E-state index contributed by atoms with van der Waals surface area (Å²) in [7, 11) is 3.15. The molecule has 1 atom stereocenters. The molecule has 1 saturated carbocycles. The Morgan fingerprint density at radius 2 is 1.70 bits per heavy atom. The highest BCUT2D eigenvalue weighted by atomic mass is 19.4. The molecule has 0 bridgehead atoms. The van der Waals surface area contributed by atoms with Crippen LogP contribution in [0, 0.1) is 5.41 Å². The molecule has 0 aliphatic heterocycles. The van der Waals surface area contributed by atoms with Gasteiger partial charge in [-0.25, -0.2) is 4.79 Å². The molecular weight excluding hydrogens is 533 g/mol. The summed E-state index contributed by atoms with van der Waals surface area (Å²) in [5.74, 6) is -1.48. The number of nitrogens with zero attached hydrogens (tertiary/aromatic N) is 1. The molecule has 0 spiro atoms. The Bertz CT molecular complexity index is 984. The molecule has 10 nitrogen and oxygen atoms in total. The maximum absolute atomic E-state index is 13.4. The molecule has 1 aromatic rings. The number of methoxy groups -OCH3 is 2. The van der Waals surface area contributed by atoms with E-state index in [-0.39, 0.29) is 36.3 Å². The highest BCUT2D eigenvalue weighted by Gasteiger charge is 2.38. The van der Waals surface area contributed by atoms with Crippen LogP contribution in [0.3, 0.4) is 0 Å². The first-order chi connectivity index (χ1) is 18.9. The van der Waals surface area contributed by atoms with Crippen LogP contribution in [0.15, 0.2) is 18.2 Å². The number of amides is 2. The summed E-state index contributed by atoms with van der Waals surface area (Å²) in [6.07, 6.45) is 2.21. The first-order valence-corrected chi connectivity index (χ1v) is 13.3. The normalized spacial score (nSPS) is 14.2. The summed E-state index contributed by atoms with van der Waals surface area (Å²) >= 11 is 0. The van der Waals surface area contributed by atoms with Crippen LogP contribution in [0.4, 0.5) is 13.2 Å². The van der Waals surface area contributed by atoms with Gasteiger partial charge in [-0.15, -0.1) is 0 Å². The summed E-state index contributed by atoms with van der Waals surface area (Å²) < 4.78 is 42.4. The second-order valence-corrected chi connectivity index (χ2v) is 9.31. The fourth-order valence-corrected chi connectivity index (χ4v) is 4.26. The van der Waals surface area contributed by atoms with Gasteiger partial charge in [0.2, 0.25) is 11.8 Å². The van der Waals surface area contributed by atoms with E-state index in [4.69, 9.17) is 24.8 Å². The van der Waals surface area contributed by atoms with Gasteiger partial charge in [-0.3, -0.25) is 19.9 Å². The van der Waals surface area contributed by atoms with Gasteiger partial charge in [0.15, 0.2) is 17.5 Å². The van der Waals surface area contributed by atoms with Gasteiger partial charge in [-0.2, -0.15) is 13.2 Å². The van der Waals surface area contributed by atoms with Crippen molar-refractivity contribution in [2.45, 2.75) is 89.9 Å². The maximum Gasteiger partial charge on any atom is 0.490 e. The Labute approximate surface area is 233 Å². The van der Waals surface area contributed by atoms with Gasteiger partial charge < -0.3 is 25.2 Å². The second kappa shape index (κ2) is 17.2. The first-order valence-electron chi connectivity index (χ1n) is 13.3. The molecule has 4 N–H and O–H groups in total. The SMILES string of the molecule is CCC(=O)N[C@H](CC)CCNC(=N)N(C(=O)Cc1ccc(OC)c(OC)c1)C1CCCCC1.O=C(O)C(F)(F)F. The minimum atomic E-state index is -5.08. The topological polar surface area (TPSA) is 141 Å². The molecule has 0 saturated heterocycles. The van der Waals surface area contributed by atoms with E-state index in [1.807, 2.05) is 26.0 Å². The van der Waals surface area contributed by atoms with Crippen LogP contribution in [-0.2, 0) is 20.8 Å². The number of guanidine groups is 1. The summed E-state index contributed by atoms with van der Waals surface area (Å²) in [5, 5.41) is 21.9. The lowest BCUT2D eigenvalue weighted by Crippen LogP contribution is -2.51. The van der Waals surface area contributed by atoms with Crippen molar-refractivity contribution in [1.82, 2.24) is 15.5 Å². The minimum absolute atomic E-state index is 0.0332. The molecule has 0 radical (unpaired) electrons. The molecule has 0 aromatic heterocycles. The predicted molar refractivity (Wildman–Crippen MR) is 144 cm³/mol. The van der Waals surface area contributed by atoms with Crippen LogP contribution < -0.4 is 20.1 Å². The highest BCUT2D eigenvalue weighted by molar-refractivity contribution is 5.97. The minimum Gasteiger partial charge on any atom is -0.493 e. The number of benzene rings is 1. The zero-order valence-electron chi connectivity index (χ0n) is 23.5. The van der Waals surface area contributed by atoms with Crippen molar-refractivity contribution < 1.29 is 42.1 Å². The Balaban J connectivity index is 0.00000101. The van der Waals surface area contributed by atoms with E-state index < -0.39 is 12.1 Å². The number of aliphatic carboxylic acids is 1. The van der Waals surface area contributed by atoms with Crippen molar-refractivity contribution in [3.63, 3.8) is 0 Å². The molecule has 1 aromatic carbocycles. The van der Waals surface area contributed by atoms with Crippen molar-refractivity contribution in [3.8, 4) is 11.5 Å². The lowest BCUT2D eigenvalue weighted by Gasteiger charge is -2.35. The monoisotopic (exact) mass is 574 g/mol. The third kappa shape index (κ3) is 11.7. The fourth-order valence-electron chi connectivity index (χ4n) is 4.26. The molecule has 0 unspecified atom stereocenters. The van der Waals surface area contributed by atoms with Crippen LogP contribution in [0.1, 0.15) is 70.8 Å². The molecule has 2 amide bonds. The number of carboxylic acid groups (broad SMARTS) is 1. The van der Waals surface area contributed by atoms with Crippen LogP contribution in [0.25, 0.3) is 0 Å². The van der Waals surface area contributed by atoms with Gasteiger partial charge in [-0.05, 0) is 43.4 Å². The van der Waals surface area contributed by atoms with Crippen LogP contribution >= 0.6 is 0 Å². The zero-order chi connectivity index (χ0) is 30.3. The van der Waals surface area contributed by atoms with E-state index >= 15 is 0 Å². The molecule has 226 valence electrons. The van der Waals surface area contributed by atoms with E-state index in [1.54, 1.807) is 25.2 Å². The zero-order valence-corrected chi connectivity index (χ0v) is 23.5. The standard InChI is InChI=1S/C25H40N4O4.C2HF3O2/c1-5-19(28-23(30)6-2)14-15-27-25(26)29(20-10-8-7-9-11-20)24(31)17-18-12-13-21(32-3)22(16-18)33-4;3-2(4,5)1(6)7/h12-13,16,19-20H,5-11,14-15,17H2,1-4H3,(H2,26,27)(H,28,30);(H,6,7)/t19-;/m1./s1. The van der Waals surface area contributed by atoms with Crippen molar-refractivity contribution in [3.05, 3.63) is 23.8 Å². The number of carboxylic acids is 1. The van der Waals surface area contributed by atoms with Crippen LogP contribution in [-0.4, -0.2) is 72.8 Å². The number of hydrogen-bond donors (Lipinski definition) is 4. The van der Waals surface area contributed by atoms with Gasteiger partial charge in [-0.1, -0.05) is 39.2 Å². The van der Waals surface area contributed by atoms with E-state index in [1.165, 1.54) is 6.42 Å². The predicted octanol–water partition coefficient (Wildman–Crippen LogP) is 4.26. The Morgan fingerprint density at radius 1 is 1.10 bits per heavy atom. The third-order valence-corrected chi connectivity index (χ3v) is 6.46. The number of ether oxygens (including phenoxy) is 2. The molecule has 1 fully saturated rings. The van der Waals surface area contributed by atoms with Gasteiger partial charge in [0.25, 0.3) is 0 Å². The van der Waals surface area contributed by atoms with Crippen molar-refractivity contribution in [2.75, 3.05) is 20.8 Å². The average Bonchev–Trinajstić information content (AvgIpc) is 2.92. The Morgan fingerprint density at radius 3 is 2.20 bits per heavy atom. The number of nitrogens with one attached hydrogen (secondary N) is 3. The number of rotatable bonds is 11. The quantitative estimate of drug-likeness (QED) is 0.229. The number of carbonyl (C=O) groups is 3. The molecule has 2 rings (SSSR count). The molecule has 40 heavy (non-hydrogen) atoms. The molecule has 1 aliphatic carbocycles. The average molecular weight is 575 g/mol. The third-order valence-electron chi connectivity index (χ3n) is 6.46. The van der Waals surface area contributed by atoms with E-state index in [9.17, 15) is 22.8 Å². The first kappa shape index (κ1) is 34.5. The summed E-state index contributed by atoms with van der Waals surface area (Å²) in [6.45, 7) is 4.39. The second-order valence-electron chi connectivity index (χ2n) is 9.31. The largest absolute Gasteiger partial charge is 0.493 e. The lowest BCUT2D eigenvalue weighted by molar-refractivity contribution is -0.192. The van der Waals surface area contributed by atoms with E-state index in [0.29, 0.717) is 30.9 Å². The molecule has 0 heterocycles. The molecule has 13 heteroatoms. The fraction of sp³-hybridized carbons (Fsp3) is 0.630. The van der Waals surface area contributed by atoms with Gasteiger partial charge in [0, 0.05) is 25.0 Å². The van der Waals surface area contributed by atoms with Crippen molar-refractivity contribution in [2.24, 2.45) is 0 Å². The molecular formula is C27H41F3N4O6. The van der Waals surface area contributed by atoms with Gasteiger partial charge in [0.1, 0.15) is 0 Å². The molecule has 1 aliphatic rings. The van der Waals surface area contributed by atoms with Crippen LogP contribution in [0.2, 0.25) is 0 Å². The summed E-state index contributed by atoms with van der Waals surface area (Å²) in [4.78, 5) is 35.6. The number of alkyl halides is 3. The van der Waals surface area contributed by atoms with Crippen molar-refractivity contribution in [1.29, 1.82) is 5.41 Å². The highest BCUT2D eigenvalue weighted by Crippen LogP contribution is 2.29. The number of carbonyl (C=O) groups excluding carboxylic acids is 2. The summed E-state index contributed by atoms with van der Waals surface area (Å²) in [5.41, 5.74) is 0.819. The Hall–Kier alpha value is -3.51. The number of hydrogen-bond acceptors (Lipinski definition) is 6. The van der Waals surface area contributed by atoms with E-state index in [0.717, 1.165) is 37.7 Å². The van der Waals surface area contributed by atoms with E-state index in [2.05, 4.69) is 10.6 Å². The van der Waals surface area contributed by atoms with Gasteiger partial charge in [0.05, 0.1) is 20.6 Å². The lowest BCUT2D eigenvalue weighted by atomic mass is 9.94. The van der Waals surface area contributed by atoms with Crippen molar-refractivity contribution >= 4 is 23.7 Å².